The van der Waals surface area contributed by atoms with E-state index in [4.69, 9.17) is 0 Å². The molecule has 2 heterocycles. The summed E-state index contributed by atoms with van der Waals surface area (Å²) >= 11 is 1.65. The first kappa shape index (κ1) is 12.1. The SMILES string of the molecule is Cc1ncsc1CCn1ccn(C(C)C)c1=O. The average molecular weight is 251 g/mol. The number of rotatable bonds is 4. The van der Waals surface area contributed by atoms with E-state index < -0.39 is 0 Å². The van der Waals surface area contributed by atoms with Crippen LogP contribution in [0.25, 0.3) is 0 Å². The Hall–Kier alpha value is -1.36. The number of aromatic nitrogens is 3. The molecule has 0 saturated carbocycles. The van der Waals surface area contributed by atoms with Crippen molar-refractivity contribution in [3.8, 4) is 0 Å². The van der Waals surface area contributed by atoms with Gasteiger partial charge in [0.05, 0.1) is 11.2 Å². The van der Waals surface area contributed by atoms with Crippen molar-refractivity contribution >= 4 is 11.3 Å². The molecule has 0 amide bonds. The van der Waals surface area contributed by atoms with Gasteiger partial charge in [-0.15, -0.1) is 11.3 Å². The van der Waals surface area contributed by atoms with Gasteiger partial charge in [-0.2, -0.15) is 0 Å². The molecule has 5 heteroatoms. The molecule has 0 saturated heterocycles. The highest BCUT2D eigenvalue weighted by atomic mass is 32.1. The van der Waals surface area contributed by atoms with Gasteiger partial charge in [0, 0.05) is 36.3 Å². The van der Waals surface area contributed by atoms with E-state index in [1.165, 1.54) is 4.88 Å². The number of hydrogen-bond acceptors (Lipinski definition) is 3. The molecular formula is C12H17N3OS. The van der Waals surface area contributed by atoms with Gasteiger partial charge < -0.3 is 0 Å². The van der Waals surface area contributed by atoms with Crippen LogP contribution >= 0.6 is 11.3 Å². The van der Waals surface area contributed by atoms with E-state index in [0.29, 0.717) is 0 Å². The molecule has 4 nitrogen and oxygen atoms in total. The Balaban J connectivity index is 2.10. The summed E-state index contributed by atoms with van der Waals surface area (Å²) < 4.78 is 3.51. The van der Waals surface area contributed by atoms with Crippen LogP contribution in [0.2, 0.25) is 0 Å². The maximum atomic E-state index is 12.0. The lowest BCUT2D eigenvalue weighted by atomic mass is 10.3. The molecule has 0 N–H and O–H groups in total. The molecule has 2 aromatic heterocycles. The van der Waals surface area contributed by atoms with E-state index in [-0.39, 0.29) is 11.7 Å². The van der Waals surface area contributed by atoms with Crippen LogP contribution in [0.3, 0.4) is 0 Å². The van der Waals surface area contributed by atoms with Crippen LogP contribution in [0.15, 0.2) is 22.7 Å². The van der Waals surface area contributed by atoms with Crippen LogP contribution in [0.1, 0.15) is 30.5 Å². The van der Waals surface area contributed by atoms with Gasteiger partial charge >= 0.3 is 5.69 Å². The monoisotopic (exact) mass is 251 g/mol. The second kappa shape index (κ2) is 4.87. The normalized spacial score (nSPS) is 11.3. The van der Waals surface area contributed by atoms with E-state index in [2.05, 4.69) is 4.98 Å². The van der Waals surface area contributed by atoms with Gasteiger partial charge in [0.1, 0.15) is 0 Å². The van der Waals surface area contributed by atoms with E-state index >= 15 is 0 Å². The van der Waals surface area contributed by atoms with Crippen molar-refractivity contribution < 1.29 is 0 Å². The number of aryl methyl sites for hydroxylation is 3. The predicted octanol–water partition coefficient (Wildman–Crippen LogP) is 2.24. The smallest absolute Gasteiger partial charge is 0.299 e. The Bertz CT molecular complexity index is 550. The summed E-state index contributed by atoms with van der Waals surface area (Å²) in [6.07, 6.45) is 4.59. The van der Waals surface area contributed by atoms with E-state index in [1.54, 1.807) is 20.5 Å². The fourth-order valence-corrected chi connectivity index (χ4v) is 2.55. The number of hydrogen-bond donors (Lipinski definition) is 0. The Morgan fingerprint density at radius 1 is 1.41 bits per heavy atom. The first-order valence-corrected chi connectivity index (χ1v) is 6.64. The predicted molar refractivity (Wildman–Crippen MR) is 69.6 cm³/mol. The van der Waals surface area contributed by atoms with E-state index in [9.17, 15) is 4.79 Å². The Labute approximate surface area is 105 Å². The van der Waals surface area contributed by atoms with E-state index in [1.807, 2.05) is 38.7 Å². The van der Waals surface area contributed by atoms with Crippen LogP contribution in [-0.4, -0.2) is 14.1 Å². The molecule has 0 aliphatic carbocycles. The van der Waals surface area contributed by atoms with Crippen molar-refractivity contribution in [2.24, 2.45) is 0 Å². The number of nitrogens with zero attached hydrogens (tertiary/aromatic N) is 3. The highest BCUT2D eigenvalue weighted by Gasteiger charge is 2.07. The lowest BCUT2D eigenvalue weighted by Gasteiger charge is -2.04. The molecule has 0 atom stereocenters. The summed E-state index contributed by atoms with van der Waals surface area (Å²) in [4.78, 5) is 17.4. The number of thiazole rings is 1. The zero-order valence-corrected chi connectivity index (χ0v) is 11.2. The third-order valence-electron chi connectivity index (χ3n) is 2.85. The fraction of sp³-hybridized carbons (Fsp3) is 0.500. The molecular weight excluding hydrogens is 234 g/mol. The van der Waals surface area contributed by atoms with Gasteiger partial charge in [-0.05, 0) is 20.8 Å². The lowest BCUT2D eigenvalue weighted by molar-refractivity contribution is 0.551. The van der Waals surface area contributed by atoms with Crippen molar-refractivity contribution in [1.82, 2.24) is 14.1 Å². The Morgan fingerprint density at radius 2 is 2.18 bits per heavy atom. The molecule has 0 bridgehead atoms. The van der Waals surface area contributed by atoms with Crippen molar-refractivity contribution in [3.63, 3.8) is 0 Å². The molecule has 0 aromatic carbocycles. The van der Waals surface area contributed by atoms with Gasteiger partial charge in [-0.3, -0.25) is 9.13 Å². The minimum Gasteiger partial charge on any atom is -0.299 e. The lowest BCUT2D eigenvalue weighted by Crippen LogP contribution is -2.25. The van der Waals surface area contributed by atoms with Gasteiger partial charge in [-0.25, -0.2) is 9.78 Å². The first-order valence-electron chi connectivity index (χ1n) is 5.76. The zero-order valence-electron chi connectivity index (χ0n) is 10.4. The van der Waals surface area contributed by atoms with Crippen molar-refractivity contribution in [2.45, 2.75) is 39.8 Å². The average Bonchev–Trinajstić information content (AvgIpc) is 2.82. The molecule has 17 heavy (non-hydrogen) atoms. The minimum absolute atomic E-state index is 0.0715. The molecule has 0 aliphatic rings. The molecule has 0 radical (unpaired) electrons. The topological polar surface area (TPSA) is 39.8 Å². The number of imidazole rings is 1. The summed E-state index contributed by atoms with van der Waals surface area (Å²) in [5.41, 5.74) is 3.00. The van der Waals surface area contributed by atoms with Gasteiger partial charge in [0.2, 0.25) is 0 Å². The summed E-state index contributed by atoms with van der Waals surface area (Å²) in [6, 6.07) is 0.217. The van der Waals surface area contributed by atoms with Crippen LogP contribution in [0, 0.1) is 6.92 Å². The standard InChI is InChI=1S/C12H17N3OS/c1-9(2)15-7-6-14(12(15)16)5-4-11-10(3)13-8-17-11/h6-9H,4-5H2,1-3H3. The largest absolute Gasteiger partial charge is 0.328 e. The highest BCUT2D eigenvalue weighted by molar-refractivity contribution is 7.09. The van der Waals surface area contributed by atoms with E-state index in [0.717, 1.165) is 18.7 Å². The third-order valence-corrected chi connectivity index (χ3v) is 3.85. The van der Waals surface area contributed by atoms with Crippen molar-refractivity contribution in [2.75, 3.05) is 0 Å². The maximum absolute atomic E-state index is 12.0. The van der Waals surface area contributed by atoms with Crippen LogP contribution in [-0.2, 0) is 13.0 Å². The Morgan fingerprint density at radius 3 is 2.71 bits per heavy atom. The molecule has 0 fully saturated rings. The van der Waals surface area contributed by atoms with Gasteiger partial charge in [0.25, 0.3) is 0 Å². The summed E-state index contributed by atoms with van der Waals surface area (Å²) in [5.74, 6) is 0. The van der Waals surface area contributed by atoms with Crippen LogP contribution in [0.5, 0.6) is 0 Å². The molecule has 0 aliphatic heterocycles. The quantitative estimate of drug-likeness (QED) is 0.836. The Kier molecular flexibility index (Phi) is 3.47. The molecule has 92 valence electrons. The second-order valence-electron chi connectivity index (χ2n) is 4.39. The van der Waals surface area contributed by atoms with Crippen LogP contribution in [0.4, 0.5) is 0 Å². The van der Waals surface area contributed by atoms with Crippen LogP contribution < -0.4 is 5.69 Å². The first-order chi connectivity index (χ1) is 8.09. The molecule has 2 rings (SSSR count). The molecule has 0 spiro atoms. The fourth-order valence-electron chi connectivity index (χ4n) is 1.78. The maximum Gasteiger partial charge on any atom is 0.328 e. The molecule has 0 unspecified atom stereocenters. The third kappa shape index (κ3) is 2.49. The second-order valence-corrected chi connectivity index (χ2v) is 5.33. The highest BCUT2D eigenvalue weighted by Crippen LogP contribution is 2.13. The van der Waals surface area contributed by atoms with Crippen molar-refractivity contribution in [1.29, 1.82) is 0 Å². The summed E-state index contributed by atoms with van der Waals surface area (Å²) in [6.45, 7) is 6.76. The summed E-state index contributed by atoms with van der Waals surface area (Å²) in [5, 5.41) is 0. The summed E-state index contributed by atoms with van der Waals surface area (Å²) in [7, 11) is 0. The minimum atomic E-state index is 0.0715. The van der Waals surface area contributed by atoms with Crippen molar-refractivity contribution in [3.05, 3.63) is 39.0 Å². The van der Waals surface area contributed by atoms with Gasteiger partial charge in [-0.1, -0.05) is 0 Å². The molecule has 2 aromatic rings. The zero-order chi connectivity index (χ0) is 12.4. The van der Waals surface area contributed by atoms with Gasteiger partial charge in [0.15, 0.2) is 0 Å².